The molecule has 0 aromatic carbocycles. The van der Waals surface area contributed by atoms with E-state index < -0.39 is 5.56 Å². The Kier molecular flexibility index (Phi) is 8.05. The molecule has 1 aromatic heterocycles. The first-order valence-electron chi connectivity index (χ1n) is 7.68. The number of rotatable bonds is 9. The molecule has 1 rings (SSSR count). The molecule has 0 saturated carbocycles. The summed E-state index contributed by atoms with van der Waals surface area (Å²) in [5.41, 5.74) is -0.233. The first-order valence-corrected chi connectivity index (χ1v) is 8.08. The fraction of sp³-hybridized carbons (Fsp3) is 0.667. The highest BCUT2D eigenvalue weighted by atomic mass is 32.1. The molecule has 0 saturated heterocycles. The molecule has 22 heavy (non-hydrogen) atoms. The summed E-state index contributed by atoms with van der Waals surface area (Å²) in [5.74, 6) is -0.0983. The highest BCUT2D eigenvalue weighted by Gasteiger charge is 2.10. The number of hydrogen-bond donors (Lipinski definition) is 2. The first kappa shape index (κ1) is 18.6. The van der Waals surface area contributed by atoms with E-state index in [9.17, 15) is 9.90 Å². The van der Waals surface area contributed by atoms with Crippen LogP contribution in [0, 0.1) is 4.77 Å². The number of likely N-dealkylation sites (N-methyl/N-ethyl adjacent to an activating group) is 1. The summed E-state index contributed by atoms with van der Waals surface area (Å²) in [4.78, 5) is 20.7. The summed E-state index contributed by atoms with van der Waals surface area (Å²) in [6, 6.07) is 0. The number of unbranched alkanes of at least 4 members (excludes halogenated alkanes) is 3. The molecule has 0 bridgehead atoms. The van der Waals surface area contributed by atoms with E-state index in [1.54, 1.807) is 4.57 Å². The first-order chi connectivity index (χ1) is 10.5. The van der Waals surface area contributed by atoms with Crippen molar-refractivity contribution in [2.24, 2.45) is 4.99 Å². The lowest BCUT2D eigenvalue weighted by molar-refractivity contribution is 0.396. The Hall–Kier alpha value is -1.47. The van der Waals surface area contributed by atoms with Crippen LogP contribution >= 0.6 is 12.2 Å². The minimum Gasteiger partial charge on any atom is -0.494 e. The molecule has 1 aromatic rings. The van der Waals surface area contributed by atoms with Crippen LogP contribution in [0.1, 0.15) is 38.2 Å². The molecule has 7 heteroatoms. The Balaban J connectivity index is 2.89. The van der Waals surface area contributed by atoms with Crippen molar-refractivity contribution < 1.29 is 5.11 Å². The SMILES string of the molecule is CCCCCCn1c(O)c(C=NCCN(C)C)c(=O)[nH]c1=S. The van der Waals surface area contributed by atoms with Crippen LogP contribution < -0.4 is 5.56 Å². The van der Waals surface area contributed by atoms with Gasteiger partial charge in [0.2, 0.25) is 5.88 Å². The molecule has 0 atom stereocenters. The zero-order chi connectivity index (χ0) is 16.5. The zero-order valence-corrected chi connectivity index (χ0v) is 14.4. The molecular formula is C15H26N4O2S. The molecule has 0 fully saturated rings. The summed E-state index contributed by atoms with van der Waals surface area (Å²) in [5, 5.41) is 10.3. The molecule has 0 spiro atoms. The zero-order valence-electron chi connectivity index (χ0n) is 13.6. The monoisotopic (exact) mass is 326 g/mol. The van der Waals surface area contributed by atoms with Crippen LogP contribution in [-0.4, -0.2) is 53.0 Å². The second-order valence-corrected chi connectivity index (χ2v) is 5.93. The van der Waals surface area contributed by atoms with Crippen LogP contribution in [0.25, 0.3) is 0 Å². The number of hydrogen-bond acceptors (Lipinski definition) is 5. The lowest BCUT2D eigenvalue weighted by Gasteiger charge is -2.11. The van der Waals surface area contributed by atoms with Gasteiger partial charge in [-0.15, -0.1) is 0 Å². The second kappa shape index (κ2) is 9.53. The quantitative estimate of drug-likeness (QED) is 0.414. The molecule has 0 aliphatic carbocycles. The number of H-pyrrole nitrogens is 1. The van der Waals surface area contributed by atoms with Crippen molar-refractivity contribution in [2.75, 3.05) is 27.2 Å². The Morgan fingerprint density at radius 2 is 2.09 bits per heavy atom. The topological polar surface area (TPSA) is 73.6 Å². The molecule has 0 amide bonds. The fourth-order valence-corrected chi connectivity index (χ4v) is 2.28. The maximum Gasteiger partial charge on any atom is 0.264 e. The van der Waals surface area contributed by atoms with Crippen molar-refractivity contribution in [3.63, 3.8) is 0 Å². The van der Waals surface area contributed by atoms with Gasteiger partial charge in [0.05, 0.1) is 6.54 Å². The third kappa shape index (κ3) is 5.73. The maximum absolute atomic E-state index is 11.9. The van der Waals surface area contributed by atoms with Crippen molar-refractivity contribution in [3.05, 3.63) is 20.7 Å². The van der Waals surface area contributed by atoms with Gasteiger partial charge in [0, 0.05) is 19.3 Å². The van der Waals surface area contributed by atoms with Gasteiger partial charge in [-0.25, -0.2) is 0 Å². The molecular weight excluding hydrogens is 300 g/mol. The molecule has 124 valence electrons. The van der Waals surface area contributed by atoms with Crippen LogP contribution in [0.5, 0.6) is 5.88 Å². The predicted molar refractivity (Wildman–Crippen MR) is 92.7 cm³/mol. The molecule has 2 N–H and O–H groups in total. The lowest BCUT2D eigenvalue weighted by atomic mass is 10.2. The molecule has 0 aliphatic rings. The Labute approximate surface area is 136 Å². The number of nitrogens with zero attached hydrogens (tertiary/aromatic N) is 3. The van der Waals surface area contributed by atoms with Crippen LogP contribution in [0.2, 0.25) is 0 Å². The second-order valence-electron chi connectivity index (χ2n) is 5.55. The van der Waals surface area contributed by atoms with Gasteiger partial charge >= 0.3 is 0 Å². The van der Waals surface area contributed by atoms with Crippen molar-refractivity contribution in [3.8, 4) is 5.88 Å². The van der Waals surface area contributed by atoms with Gasteiger partial charge in [-0.1, -0.05) is 26.2 Å². The van der Waals surface area contributed by atoms with Crippen molar-refractivity contribution in [2.45, 2.75) is 39.2 Å². The summed E-state index contributed by atoms with van der Waals surface area (Å²) < 4.78 is 1.82. The summed E-state index contributed by atoms with van der Waals surface area (Å²) in [6.45, 7) is 4.09. The number of aliphatic imine (C=N–C) groups is 1. The van der Waals surface area contributed by atoms with Crippen molar-refractivity contribution >= 4 is 18.4 Å². The third-order valence-electron chi connectivity index (χ3n) is 3.34. The van der Waals surface area contributed by atoms with Gasteiger partial charge in [0.15, 0.2) is 4.77 Å². The van der Waals surface area contributed by atoms with E-state index in [1.165, 1.54) is 6.21 Å². The molecule has 0 aliphatic heterocycles. The highest BCUT2D eigenvalue weighted by Crippen LogP contribution is 2.13. The number of aromatic hydroxyl groups is 1. The van der Waals surface area contributed by atoms with E-state index in [1.807, 2.05) is 19.0 Å². The Bertz CT molecular complexity index is 605. The van der Waals surface area contributed by atoms with E-state index in [0.717, 1.165) is 32.2 Å². The van der Waals surface area contributed by atoms with E-state index in [2.05, 4.69) is 16.9 Å². The summed E-state index contributed by atoms with van der Waals surface area (Å²) in [6.07, 6.45) is 5.71. The molecule has 0 radical (unpaired) electrons. The summed E-state index contributed by atoms with van der Waals surface area (Å²) >= 11 is 5.13. The van der Waals surface area contributed by atoms with Gasteiger partial charge in [0.25, 0.3) is 5.56 Å². The van der Waals surface area contributed by atoms with Gasteiger partial charge < -0.3 is 10.0 Å². The predicted octanol–water partition coefficient (Wildman–Crippen LogP) is 2.17. The van der Waals surface area contributed by atoms with E-state index >= 15 is 0 Å². The van der Waals surface area contributed by atoms with Crippen molar-refractivity contribution in [1.29, 1.82) is 0 Å². The summed E-state index contributed by atoms with van der Waals surface area (Å²) in [7, 11) is 3.91. The smallest absolute Gasteiger partial charge is 0.264 e. The average molecular weight is 326 g/mol. The Morgan fingerprint density at radius 3 is 2.73 bits per heavy atom. The third-order valence-corrected chi connectivity index (χ3v) is 3.66. The van der Waals surface area contributed by atoms with Crippen LogP contribution in [0.15, 0.2) is 9.79 Å². The minimum absolute atomic E-state index is 0.0983. The highest BCUT2D eigenvalue weighted by molar-refractivity contribution is 7.71. The number of nitrogens with one attached hydrogen (secondary N) is 1. The molecule has 0 unspecified atom stereocenters. The van der Waals surface area contributed by atoms with Gasteiger partial charge in [-0.3, -0.25) is 19.3 Å². The van der Waals surface area contributed by atoms with Crippen LogP contribution in [0.3, 0.4) is 0 Å². The lowest BCUT2D eigenvalue weighted by Crippen LogP contribution is -2.19. The maximum atomic E-state index is 11.9. The van der Waals surface area contributed by atoms with E-state index in [0.29, 0.717) is 13.1 Å². The van der Waals surface area contributed by atoms with Gasteiger partial charge in [0.1, 0.15) is 5.56 Å². The standard InChI is InChI=1S/C15H26N4O2S/c1-4-5-6-7-9-19-14(21)12(13(20)17-15(19)22)11-16-8-10-18(2)3/h11,21H,4-10H2,1-3H3,(H,17,20,22). The minimum atomic E-state index is -0.402. The molecule has 6 nitrogen and oxygen atoms in total. The number of aromatic nitrogens is 2. The van der Waals surface area contributed by atoms with Crippen LogP contribution in [0.4, 0.5) is 0 Å². The van der Waals surface area contributed by atoms with Gasteiger partial charge in [-0.2, -0.15) is 0 Å². The van der Waals surface area contributed by atoms with Gasteiger partial charge in [-0.05, 0) is 32.7 Å². The van der Waals surface area contributed by atoms with E-state index in [-0.39, 0.29) is 16.2 Å². The normalized spacial score (nSPS) is 11.6. The molecule has 1 heterocycles. The fourth-order valence-electron chi connectivity index (χ4n) is 2.01. The largest absolute Gasteiger partial charge is 0.494 e. The van der Waals surface area contributed by atoms with Crippen molar-refractivity contribution in [1.82, 2.24) is 14.5 Å². The van der Waals surface area contributed by atoms with E-state index in [4.69, 9.17) is 12.2 Å². The Morgan fingerprint density at radius 1 is 1.36 bits per heavy atom. The van der Waals surface area contributed by atoms with Crippen LogP contribution in [-0.2, 0) is 6.54 Å². The average Bonchev–Trinajstić information content (AvgIpc) is 2.45. The number of aromatic amines is 1.